The summed E-state index contributed by atoms with van der Waals surface area (Å²) in [7, 11) is 0. The molecule has 0 aromatic heterocycles. The molecule has 1 amide bonds. The average molecular weight is 346 g/mol. The lowest BCUT2D eigenvalue weighted by molar-refractivity contribution is -0.145. The molecule has 0 bridgehead atoms. The highest BCUT2D eigenvalue weighted by atomic mass is 16.4. The summed E-state index contributed by atoms with van der Waals surface area (Å²) in [6.45, 7) is 11.3. The number of carbonyl (C=O) groups excluding carboxylic acids is 1. The Morgan fingerprint density at radius 3 is 2.52 bits per heavy atom. The van der Waals surface area contributed by atoms with E-state index < -0.39 is 11.9 Å². The van der Waals surface area contributed by atoms with Crippen molar-refractivity contribution < 1.29 is 14.7 Å². The van der Waals surface area contributed by atoms with Crippen LogP contribution < -0.4 is 5.32 Å². The lowest BCUT2D eigenvalue weighted by Gasteiger charge is -2.37. The van der Waals surface area contributed by atoms with Crippen molar-refractivity contribution in [2.24, 2.45) is 11.8 Å². The minimum atomic E-state index is -0.773. The van der Waals surface area contributed by atoms with E-state index >= 15 is 0 Å². The van der Waals surface area contributed by atoms with Crippen molar-refractivity contribution in [3.05, 3.63) is 29.3 Å². The van der Waals surface area contributed by atoms with Crippen LogP contribution in [-0.4, -0.2) is 41.0 Å². The number of likely N-dealkylation sites (tertiary alicyclic amines) is 1. The number of para-hydroxylation sites is 1. The monoisotopic (exact) mass is 346 g/mol. The highest BCUT2D eigenvalue weighted by Gasteiger charge is 2.34. The van der Waals surface area contributed by atoms with Crippen LogP contribution in [0.4, 0.5) is 5.69 Å². The summed E-state index contributed by atoms with van der Waals surface area (Å²) in [5.41, 5.74) is 3.05. The maximum Gasteiger partial charge on any atom is 0.307 e. The quantitative estimate of drug-likeness (QED) is 0.856. The molecule has 1 saturated heterocycles. The first-order valence-corrected chi connectivity index (χ1v) is 9.07. The van der Waals surface area contributed by atoms with Crippen molar-refractivity contribution in [2.45, 2.75) is 53.0 Å². The van der Waals surface area contributed by atoms with Crippen LogP contribution in [0, 0.1) is 18.8 Å². The molecule has 2 rings (SSSR count). The van der Waals surface area contributed by atoms with Crippen molar-refractivity contribution in [1.82, 2.24) is 4.90 Å². The van der Waals surface area contributed by atoms with E-state index in [2.05, 4.69) is 19.2 Å². The Morgan fingerprint density at radius 1 is 1.24 bits per heavy atom. The summed E-state index contributed by atoms with van der Waals surface area (Å²) >= 11 is 0. The summed E-state index contributed by atoms with van der Waals surface area (Å²) < 4.78 is 0. The zero-order valence-electron chi connectivity index (χ0n) is 15.9. The number of amides is 1. The molecule has 0 aliphatic carbocycles. The molecule has 138 valence electrons. The van der Waals surface area contributed by atoms with E-state index in [9.17, 15) is 14.7 Å². The number of nitrogens with zero attached hydrogens (tertiary/aromatic N) is 1. The van der Waals surface area contributed by atoms with Gasteiger partial charge in [0.2, 0.25) is 5.91 Å². The molecule has 3 unspecified atom stereocenters. The van der Waals surface area contributed by atoms with Gasteiger partial charge in [-0.15, -0.1) is 0 Å². The van der Waals surface area contributed by atoms with Crippen molar-refractivity contribution in [1.29, 1.82) is 0 Å². The van der Waals surface area contributed by atoms with Gasteiger partial charge in [-0.05, 0) is 43.2 Å². The molecule has 1 aliphatic rings. The predicted octanol–water partition coefficient (Wildman–Crippen LogP) is 3.49. The fourth-order valence-corrected chi connectivity index (χ4v) is 3.62. The average Bonchev–Trinajstić information content (AvgIpc) is 2.54. The van der Waals surface area contributed by atoms with Gasteiger partial charge in [0.15, 0.2) is 0 Å². The number of hydrogen-bond acceptors (Lipinski definition) is 3. The first-order valence-electron chi connectivity index (χ1n) is 9.07. The van der Waals surface area contributed by atoms with Crippen LogP contribution in [0.1, 0.15) is 51.2 Å². The van der Waals surface area contributed by atoms with Crippen molar-refractivity contribution >= 4 is 17.6 Å². The van der Waals surface area contributed by atoms with E-state index in [1.54, 1.807) is 0 Å². The van der Waals surface area contributed by atoms with Gasteiger partial charge in [-0.1, -0.05) is 39.0 Å². The van der Waals surface area contributed by atoms with Crippen molar-refractivity contribution in [3.63, 3.8) is 0 Å². The lowest BCUT2D eigenvalue weighted by atomic mass is 9.89. The largest absolute Gasteiger partial charge is 0.481 e. The van der Waals surface area contributed by atoms with Crippen LogP contribution in [0.5, 0.6) is 0 Å². The lowest BCUT2D eigenvalue weighted by Crippen LogP contribution is -2.50. The molecule has 1 aromatic carbocycles. The smallest absolute Gasteiger partial charge is 0.307 e. The Hall–Kier alpha value is -1.88. The molecule has 3 atom stereocenters. The highest BCUT2D eigenvalue weighted by Crippen LogP contribution is 2.28. The highest BCUT2D eigenvalue weighted by molar-refractivity contribution is 5.96. The maximum atomic E-state index is 12.8. The third kappa shape index (κ3) is 4.60. The van der Waals surface area contributed by atoms with E-state index in [1.165, 1.54) is 0 Å². The van der Waals surface area contributed by atoms with Gasteiger partial charge in [-0.3, -0.25) is 14.5 Å². The molecule has 0 radical (unpaired) electrons. The Labute approximate surface area is 150 Å². The molecule has 1 fully saturated rings. The first kappa shape index (κ1) is 19.4. The van der Waals surface area contributed by atoms with Crippen LogP contribution in [0.15, 0.2) is 18.2 Å². The molecule has 2 N–H and O–H groups in total. The summed E-state index contributed by atoms with van der Waals surface area (Å²) in [5.74, 6) is -0.657. The Balaban J connectivity index is 2.14. The fraction of sp³-hybridized carbons (Fsp3) is 0.600. The van der Waals surface area contributed by atoms with Gasteiger partial charge in [0.25, 0.3) is 0 Å². The number of benzene rings is 1. The second-order valence-corrected chi connectivity index (χ2v) is 7.69. The number of carboxylic acids is 1. The van der Waals surface area contributed by atoms with Crippen molar-refractivity contribution in [2.75, 3.05) is 18.4 Å². The molecule has 25 heavy (non-hydrogen) atoms. The topological polar surface area (TPSA) is 69.6 Å². The first-order chi connectivity index (χ1) is 11.7. The molecule has 1 aromatic rings. The third-order valence-corrected chi connectivity index (χ3v) is 5.14. The summed E-state index contributed by atoms with van der Waals surface area (Å²) in [6, 6.07) is 5.69. The number of aryl methyl sites for hydroxylation is 1. The van der Waals surface area contributed by atoms with Gasteiger partial charge < -0.3 is 10.4 Å². The van der Waals surface area contributed by atoms with Crippen LogP contribution in [0.2, 0.25) is 0 Å². The number of rotatable bonds is 5. The molecular formula is C20H30N2O3. The number of hydrogen-bond donors (Lipinski definition) is 2. The summed E-state index contributed by atoms with van der Waals surface area (Å²) in [6.07, 6.45) is 0.676. The SMILES string of the molecule is Cc1cccc(C(C)C)c1NC(=O)C(C)N1CC(C)CC(C(=O)O)C1. The van der Waals surface area contributed by atoms with E-state index in [0.717, 1.165) is 23.4 Å². The molecule has 1 aliphatic heterocycles. The summed E-state index contributed by atoms with van der Waals surface area (Å²) in [4.78, 5) is 26.2. The Morgan fingerprint density at radius 2 is 1.92 bits per heavy atom. The zero-order chi connectivity index (χ0) is 18.7. The minimum Gasteiger partial charge on any atom is -0.481 e. The van der Waals surface area contributed by atoms with Gasteiger partial charge >= 0.3 is 5.97 Å². The second-order valence-electron chi connectivity index (χ2n) is 7.69. The number of aliphatic carboxylic acids is 1. The number of carboxylic acid groups (broad SMARTS) is 1. The molecule has 5 heteroatoms. The fourth-order valence-electron chi connectivity index (χ4n) is 3.62. The van der Waals surface area contributed by atoms with Crippen LogP contribution in [-0.2, 0) is 9.59 Å². The zero-order valence-corrected chi connectivity index (χ0v) is 15.9. The van der Waals surface area contributed by atoms with Crippen molar-refractivity contribution in [3.8, 4) is 0 Å². The predicted molar refractivity (Wildman–Crippen MR) is 99.8 cm³/mol. The van der Waals surface area contributed by atoms with Crippen LogP contribution in [0.3, 0.4) is 0 Å². The van der Waals surface area contributed by atoms with Gasteiger partial charge in [-0.25, -0.2) is 0 Å². The van der Waals surface area contributed by atoms with Crippen LogP contribution >= 0.6 is 0 Å². The summed E-state index contributed by atoms with van der Waals surface area (Å²) in [5, 5.41) is 12.4. The molecule has 5 nitrogen and oxygen atoms in total. The molecule has 0 spiro atoms. The normalized spacial score (nSPS) is 22.6. The Bertz CT molecular complexity index is 642. The maximum absolute atomic E-state index is 12.8. The molecule has 0 saturated carbocycles. The van der Waals surface area contributed by atoms with Gasteiger partial charge in [0, 0.05) is 18.8 Å². The molecular weight excluding hydrogens is 316 g/mol. The standard InChI is InChI=1S/C20H30N2O3/c1-12(2)17-8-6-7-14(4)18(17)21-19(23)15(5)22-10-13(3)9-16(11-22)20(24)25/h6-8,12-13,15-16H,9-11H2,1-5H3,(H,21,23)(H,24,25). The van der Waals surface area contributed by atoms with E-state index in [4.69, 9.17) is 0 Å². The number of carbonyl (C=O) groups is 2. The van der Waals surface area contributed by atoms with Crippen LogP contribution in [0.25, 0.3) is 0 Å². The number of anilines is 1. The van der Waals surface area contributed by atoms with Gasteiger partial charge in [-0.2, -0.15) is 0 Å². The van der Waals surface area contributed by atoms with E-state index in [0.29, 0.717) is 18.9 Å². The van der Waals surface area contributed by atoms with Gasteiger partial charge in [0.05, 0.1) is 12.0 Å². The number of nitrogens with one attached hydrogen (secondary N) is 1. The van der Waals surface area contributed by atoms with E-state index in [-0.39, 0.29) is 17.9 Å². The Kier molecular flexibility index (Phi) is 6.22. The molecule has 1 heterocycles. The van der Waals surface area contributed by atoms with E-state index in [1.807, 2.05) is 43.9 Å². The second kappa shape index (κ2) is 8.00. The third-order valence-electron chi connectivity index (χ3n) is 5.14. The van der Waals surface area contributed by atoms with Gasteiger partial charge in [0.1, 0.15) is 0 Å². The minimum absolute atomic E-state index is 0.0746. The number of piperidine rings is 1.